The van der Waals surface area contributed by atoms with Gasteiger partial charge in [0.2, 0.25) is 35.4 Å². The minimum Gasteiger partial charge on any atom is -0.480 e. The summed E-state index contributed by atoms with van der Waals surface area (Å²) >= 11 is 0. The minimum absolute atomic E-state index is 0.00671. The van der Waals surface area contributed by atoms with Crippen LogP contribution < -0.4 is 100 Å². The Kier molecular flexibility index (Phi) is 57.4. The molecule has 23 atom stereocenters. The third-order valence-electron chi connectivity index (χ3n) is 29.9. The van der Waals surface area contributed by atoms with Gasteiger partial charge in [-0.25, -0.2) is 0 Å². The third kappa shape index (κ3) is 43.8. The molecule has 48 nitrogen and oxygen atoms in total. The van der Waals surface area contributed by atoms with Crippen molar-refractivity contribution in [3.8, 4) is 0 Å². The van der Waals surface area contributed by atoms with Crippen molar-refractivity contribution in [3.05, 3.63) is 35.9 Å². The van der Waals surface area contributed by atoms with Gasteiger partial charge < -0.3 is 191 Å². The molecule has 1 heterocycles. The number of hydrogen-bond donors (Lipinski definition) is 36. The highest BCUT2D eigenvalue weighted by Crippen LogP contribution is 2.44. The lowest BCUT2D eigenvalue weighted by atomic mass is 9.66. The highest BCUT2D eigenvalue weighted by molar-refractivity contribution is 6.42. The average molecular weight is 2050 g/mol. The Labute approximate surface area is 845 Å². The Hall–Kier alpha value is -7.71. The lowest BCUT2D eigenvalue weighted by molar-refractivity contribution is -0.149. The normalized spacial score (nSPS) is 28.9. The summed E-state index contributed by atoms with van der Waals surface area (Å²) in [5.41, 5.74) is 57.6. The number of rotatable bonds is 47. The Morgan fingerprint density at radius 2 is 0.611 bits per heavy atom. The standard InChI is InChI=1S/C19H30BN3O5.C16H32BN3O5.C15H28BN3O5.C15H30BN3O5.C13H26BN3O5.C12H24BN3O5/c21-16(10-13-4-2-1-3-5-13)17(24)23-12-15-7-6-14(8-9-20(27)28)11-19(15,22)18(25)26;1-10(2)7-13(18)14(21)20-9-12-4-3-11(5-6-17(24)25)8-16(12,19)15(22)23;17-15(14(21)22)8-10(5-6-16(23)24)3-4-11(15)9-19-13(20)12-2-1-7-18-12;1-9(2)12(17)13(20)19-8-11-4-3-10(5-6-16(23)24)7-15(11,18)14(21)22;1-8(15)11(18)17-7-10-3-2-9(4-5-14(21)22)6-13(10,16)12(19)20;14-6-10(17)16-7-9-2-1-8(3-4-13(20)21)5-12(9,15)11(18)19/h1-5,14-16,27-28H,6-12,21-22H2,(H,23,24)(H,25,26);10-13,24-25H,3-9,18-19H2,1-2H3,(H,20,21)(H,22,23);10-12,18,23-24H,1-9,17H2,(H,19,20)(H,21,22);9-12,23-24H,3-8,17-18H2,1-2H3,(H,19,20)(H,21,22);8-10,21-22H,2-7,15-16H2,1H3,(H,17,18)(H,19,20);8-9,20-21H,1-7,14-15H2,(H,16,17)(H,18,19)/t14-,15-,16-,19+;11-,12-,13-,16+;2*10-,11-,12-,15+;8-,9-,10-,13+;8-,9-,12+/m000000/s1. The maximum absolute atomic E-state index is 12.3. The number of hydrogen-bond acceptors (Lipinski definition) is 36. The molecule has 0 spiro atoms. The van der Waals surface area contributed by atoms with Crippen LogP contribution in [0.3, 0.4) is 0 Å². The molecule has 1 aromatic carbocycles. The summed E-state index contributed by atoms with van der Waals surface area (Å²) in [7, 11) is -8.34. The van der Waals surface area contributed by atoms with Crippen LogP contribution in [0.25, 0.3) is 0 Å². The van der Waals surface area contributed by atoms with Crippen LogP contribution in [0, 0.1) is 82.9 Å². The molecule has 1 aliphatic heterocycles. The zero-order chi connectivity index (χ0) is 109. The number of aliphatic carboxylic acids is 6. The van der Waals surface area contributed by atoms with E-state index in [1.807, 2.05) is 58.0 Å². The second-order valence-electron chi connectivity index (χ2n) is 42.0. The van der Waals surface area contributed by atoms with Gasteiger partial charge in [0.05, 0.1) is 36.8 Å². The number of benzene rings is 1. The SMILES string of the molecule is CC(C)C[C@H](N)C(=O)NC[C@@H]1CC[C@@H](CCB(O)O)C[C@]1(N)C(=O)O.CC(C)[C@H](N)C(=O)NC[C@@H]1CC[C@@H](CCB(O)O)C[C@]1(N)C(=O)O.C[C@H](N)C(=O)NC[C@@H]1CC[C@@H](CCB(O)O)C[C@]1(N)C(=O)O.NCC(=O)NC[C@@H]1CC[C@@H](CCB(O)O)C[C@]1(N)C(=O)O.N[C@@H](Cc1ccccc1)C(=O)NC[C@@H]1CC[C@@H](CCB(O)O)C[C@]1(N)C(=O)O.N[C@]1(C(=O)O)C[C@H](CCB(O)O)CC[C@H]1CNC(=O)[C@@H]1CCCN1. The molecule has 7 aliphatic rings. The quantitative estimate of drug-likeness (QED) is 0.0270. The van der Waals surface area contributed by atoms with E-state index in [0.717, 1.165) is 63.5 Å². The fourth-order valence-electron chi connectivity index (χ4n) is 20.6. The van der Waals surface area contributed by atoms with Crippen LogP contribution in [0.1, 0.15) is 214 Å². The predicted octanol–water partition coefficient (Wildman–Crippen LogP) is -6.03. The number of carbonyl (C=O) groups excluding carboxylic acids is 6. The molecule has 54 heteroatoms. The number of nitrogens with one attached hydrogen (secondary N) is 7. The summed E-state index contributed by atoms with van der Waals surface area (Å²) < 4.78 is 0. The summed E-state index contributed by atoms with van der Waals surface area (Å²) in [6.07, 6.45) is 16.5. The second kappa shape index (κ2) is 63.3. The summed E-state index contributed by atoms with van der Waals surface area (Å²) in [6.45, 7) is 11.0. The van der Waals surface area contributed by atoms with Crippen molar-refractivity contribution in [2.75, 3.05) is 52.4 Å². The molecule has 0 radical (unpaired) electrons. The van der Waals surface area contributed by atoms with E-state index >= 15 is 0 Å². The monoisotopic (exact) mass is 2050 g/mol. The molecule has 7 fully saturated rings. The zero-order valence-corrected chi connectivity index (χ0v) is 84.3. The van der Waals surface area contributed by atoms with E-state index in [1.54, 1.807) is 6.92 Å². The molecular formula is C90H170B6N18O30. The van der Waals surface area contributed by atoms with Crippen LogP contribution in [-0.2, 0) is 64.0 Å². The van der Waals surface area contributed by atoms with Gasteiger partial charge in [-0.05, 0) is 246 Å². The Balaban J connectivity index is 0.000000445. The first-order valence-electron chi connectivity index (χ1n) is 50.6. The molecule has 8 rings (SSSR count). The second-order valence-corrected chi connectivity index (χ2v) is 42.0. The first kappa shape index (κ1) is 130. The molecule has 1 saturated heterocycles. The van der Waals surface area contributed by atoms with Crippen LogP contribution in [0.5, 0.6) is 0 Å². The van der Waals surface area contributed by atoms with Crippen molar-refractivity contribution >= 4 is 114 Å². The Morgan fingerprint density at radius 3 is 0.847 bits per heavy atom. The van der Waals surface area contributed by atoms with Crippen LogP contribution in [0.15, 0.2) is 30.3 Å². The summed E-state index contributed by atoms with van der Waals surface area (Å²) in [4.78, 5) is 141. The van der Waals surface area contributed by atoms with Crippen molar-refractivity contribution in [1.82, 2.24) is 37.2 Å². The summed E-state index contributed by atoms with van der Waals surface area (Å²) in [6, 6.07) is 6.63. The van der Waals surface area contributed by atoms with Gasteiger partial charge in [0.1, 0.15) is 33.2 Å². The summed E-state index contributed by atoms with van der Waals surface area (Å²) in [5, 5.41) is 184. The topological polar surface area (TPSA) is 939 Å². The van der Waals surface area contributed by atoms with Crippen molar-refractivity contribution in [2.24, 2.45) is 146 Å². The molecule has 6 saturated carbocycles. The molecule has 6 aliphatic carbocycles. The van der Waals surface area contributed by atoms with Gasteiger partial charge in [-0.3, -0.25) is 57.5 Å². The van der Waals surface area contributed by atoms with Gasteiger partial charge in [-0.15, -0.1) is 0 Å². The van der Waals surface area contributed by atoms with Gasteiger partial charge in [0, 0.05) is 74.8 Å². The molecule has 818 valence electrons. The van der Waals surface area contributed by atoms with Crippen molar-refractivity contribution < 1.29 is 148 Å². The highest BCUT2D eigenvalue weighted by atomic mass is 16.4. The number of nitrogens with two attached hydrogens (primary N) is 11. The predicted molar refractivity (Wildman–Crippen MR) is 540 cm³/mol. The van der Waals surface area contributed by atoms with E-state index in [-0.39, 0.29) is 235 Å². The summed E-state index contributed by atoms with van der Waals surface area (Å²) in [5.74, 6) is -9.98. The van der Waals surface area contributed by atoms with Crippen molar-refractivity contribution in [1.29, 1.82) is 0 Å². The largest absolute Gasteiger partial charge is 0.480 e. The molecule has 0 bridgehead atoms. The average Bonchev–Trinajstić information content (AvgIpc) is 0.960. The fourth-order valence-corrected chi connectivity index (χ4v) is 20.6. The van der Waals surface area contributed by atoms with E-state index < -0.39 is 142 Å². The molecule has 144 heavy (non-hydrogen) atoms. The zero-order valence-electron chi connectivity index (χ0n) is 84.3. The Bertz CT molecular complexity index is 4040. The molecule has 0 aromatic heterocycles. The van der Waals surface area contributed by atoms with E-state index in [4.69, 9.17) is 123 Å². The first-order valence-corrected chi connectivity index (χ1v) is 50.6. The molecule has 0 unspecified atom stereocenters. The minimum atomic E-state index is -1.46. The molecular weight excluding hydrogens is 1880 g/mol. The molecule has 1 aromatic rings. The number of carboxylic acids is 6. The van der Waals surface area contributed by atoms with Gasteiger partial charge >= 0.3 is 78.5 Å². The van der Waals surface area contributed by atoms with Crippen LogP contribution >= 0.6 is 0 Å². The van der Waals surface area contributed by atoms with E-state index in [1.165, 1.54) is 0 Å². The smallest absolute Gasteiger partial charge is 0.451 e. The third-order valence-corrected chi connectivity index (χ3v) is 29.9. The van der Waals surface area contributed by atoms with E-state index in [9.17, 15) is 88.2 Å². The lowest BCUT2D eigenvalue weighted by Crippen LogP contribution is -2.60. The Morgan fingerprint density at radius 1 is 0.354 bits per heavy atom. The molecule has 47 N–H and O–H groups in total. The van der Waals surface area contributed by atoms with Crippen molar-refractivity contribution in [2.45, 2.75) is 316 Å². The fraction of sp³-hybridized carbons (Fsp3) is 0.800. The number of carboxylic acid groups (broad SMARTS) is 6. The first-order chi connectivity index (χ1) is 67.1. The highest BCUT2D eigenvalue weighted by Gasteiger charge is 2.54. The maximum Gasteiger partial charge on any atom is 0.451 e. The van der Waals surface area contributed by atoms with Crippen LogP contribution in [-0.4, -0.2) is 321 Å². The van der Waals surface area contributed by atoms with E-state index in [0.29, 0.717) is 95.8 Å². The lowest BCUT2D eigenvalue weighted by Gasteiger charge is -2.41. The number of amides is 6. The van der Waals surface area contributed by atoms with Gasteiger partial charge in [0.25, 0.3) is 0 Å². The molecule has 6 amide bonds. The maximum atomic E-state index is 12.3. The number of carbonyl (C=O) groups is 12. The van der Waals surface area contributed by atoms with E-state index in [2.05, 4.69) is 37.2 Å². The van der Waals surface area contributed by atoms with Crippen LogP contribution in [0.4, 0.5) is 0 Å². The van der Waals surface area contributed by atoms with Gasteiger partial charge in [-0.1, -0.05) is 96.6 Å². The van der Waals surface area contributed by atoms with Crippen LogP contribution in [0.2, 0.25) is 37.9 Å². The van der Waals surface area contributed by atoms with Crippen molar-refractivity contribution in [3.63, 3.8) is 0 Å². The van der Waals surface area contributed by atoms with Gasteiger partial charge in [-0.2, -0.15) is 0 Å². The van der Waals surface area contributed by atoms with Gasteiger partial charge in [0.15, 0.2) is 0 Å².